The second kappa shape index (κ2) is 6.93. The summed E-state index contributed by atoms with van der Waals surface area (Å²) in [5, 5.41) is 23.0. The SMILES string of the molecule is O=C(CCn1nnc2ccccc21)N[C@H](c1cccs1)C1CC(O)C1. The molecular weight excluding hydrogens is 336 g/mol. The molecular formula is C18H20N4O2S. The second-order valence-electron chi connectivity index (χ2n) is 6.50. The molecule has 1 fully saturated rings. The summed E-state index contributed by atoms with van der Waals surface area (Å²) in [6, 6.07) is 11.8. The highest BCUT2D eigenvalue weighted by Crippen LogP contribution is 2.39. The lowest BCUT2D eigenvalue weighted by Gasteiger charge is -2.37. The van der Waals surface area contributed by atoms with Gasteiger partial charge in [-0.3, -0.25) is 4.79 Å². The maximum atomic E-state index is 12.5. The van der Waals surface area contributed by atoms with Crippen molar-refractivity contribution >= 4 is 28.3 Å². The highest BCUT2D eigenvalue weighted by molar-refractivity contribution is 7.10. The number of rotatable bonds is 6. The van der Waals surface area contributed by atoms with Gasteiger partial charge in [-0.15, -0.1) is 16.4 Å². The minimum atomic E-state index is -0.231. The molecule has 0 bridgehead atoms. The molecule has 0 spiro atoms. The fraction of sp³-hybridized carbons (Fsp3) is 0.389. The number of benzene rings is 1. The predicted molar refractivity (Wildman–Crippen MR) is 96.1 cm³/mol. The number of hydrogen-bond acceptors (Lipinski definition) is 5. The van der Waals surface area contributed by atoms with E-state index >= 15 is 0 Å². The van der Waals surface area contributed by atoms with Gasteiger partial charge in [-0.1, -0.05) is 23.4 Å². The molecule has 1 aliphatic carbocycles. The first-order chi connectivity index (χ1) is 12.2. The van der Waals surface area contributed by atoms with Gasteiger partial charge in [0.1, 0.15) is 5.52 Å². The minimum absolute atomic E-state index is 0.000582. The van der Waals surface area contributed by atoms with Gasteiger partial charge in [0.25, 0.3) is 0 Å². The third kappa shape index (κ3) is 3.43. The van der Waals surface area contributed by atoms with E-state index in [1.807, 2.05) is 41.8 Å². The van der Waals surface area contributed by atoms with Crippen molar-refractivity contribution in [2.45, 2.75) is 38.0 Å². The number of carbonyl (C=O) groups is 1. The summed E-state index contributed by atoms with van der Waals surface area (Å²) < 4.78 is 1.77. The topological polar surface area (TPSA) is 80.0 Å². The van der Waals surface area contributed by atoms with Gasteiger partial charge in [0.2, 0.25) is 5.91 Å². The van der Waals surface area contributed by atoms with E-state index in [1.54, 1.807) is 16.0 Å². The molecule has 6 nitrogen and oxygen atoms in total. The van der Waals surface area contributed by atoms with Crippen LogP contribution in [0.15, 0.2) is 41.8 Å². The molecule has 0 unspecified atom stereocenters. The van der Waals surface area contributed by atoms with Crippen LogP contribution in [0.4, 0.5) is 0 Å². The Labute approximate surface area is 149 Å². The largest absolute Gasteiger partial charge is 0.393 e. The summed E-state index contributed by atoms with van der Waals surface area (Å²) in [5.41, 5.74) is 1.77. The van der Waals surface area contributed by atoms with Gasteiger partial charge in [0, 0.05) is 11.3 Å². The number of thiophene rings is 1. The van der Waals surface area contributed by atoms with E-state index in [0.717, 1.165) is 28.8 Å². The molecule has 0 saturated heterocycles. The third-order valence-electron chi connectivity index (χ3n) is 4.76. The number of hydrogen-bond donors (Lipinski definition) is 2. The Morgan fingerprint density at radius 2 is 2.16 bits per heavy atom. The first kappa shape index (κ1) is 16.2. The minimum Gasteiger partial charge on any atom is -0.393 e. The van der Waals surface area contributed by atoms with Crippen LogP contribution in [-0.4, -0.2) is 32.1 Å². The van der Waals surface area contributed by atoms with Crippen LogP contribution in [-0.2, 0) is 11.3 Å². The summed E-state index contributed by atoms with van der Waals surface area (Å²) in [5.74, 6) is 0.309. The van der Waals surface area contributed by atoms with Gasteiger partial charge in [0.05, 0.1) is 24.2 Å². The Kier molecular flexibility index (Phi) is 4.50. The van der Waals surface area contributed by atoms with E-state index in [4.69, 9.17) is 0 Å². The van der Waals surface area contributed by atoms with E-state index in [2.05, 4.69) is 15.6 Å². The van der Waals surface area contributed by atoms with Gasteiger partial charge >= 0.3 is 0 Å². The van der Waals surface area contributed by atoms with E-state index in [-0.39, 0.29) is 18.1 Å². The molecule has 130 valence electrons. The summed E-state index contributed by atoms with van der Waals surface area (Å²) in [6.07, 6.45) is 1.61. The number of nitrogens with zero attached hydrogens (tertiary/aromatic N) is 3. The monoisotopic (exact) mass is 356 g/mol. The number of amides is 1. The highest BCUT2D eigenvalue weighted by Gasteiger charge is 2.36. The van der Waals surface area contributed by atoms with Crippen molar-refractivity contribution in [2.24, 2.45) is 5.92 Å². The zero-order valence-corrected chi connectivity index (χ0v) is 14.5. The predicted octanol–water partition coefficient (Wildman–Crippen LogP) is 2.51. The lowest BCUT2D eigenvalue weighted by atomic mass is 9.76. The van der Waals surface area contributed by atoms with Gasteiger partial charge in [0.15, 0.2) is 0 Å². The smallest absolute Gasteiger partial charge is 0.222 e. The molecule has 1 saturated carbocycles. The lowest BCUT2D eigenvalue weighted by Crippen LogP contribution is -2.41. The normalized spacial score (nSPS) is 21.0. The first-order valence-corrected chi connectivity index (χ1v) is 9.38. The van der Waals surface area contributed by atoms with Crippen LogP contribution >= 0.6 is 11.3 Å². The number of aliphatic hydroxyl groups excluding tert-OH is 1. The number of fused-ring (bicyclic) bond motifs is 1. The number of para-hydroxylation sites is 1. The van der Waals surface area contributed by atoms with Crippen molar-refractivity contribution in [1.29, 1.82) is 0 Å². The molecule has 1 aromatic carbocycles. The van der Waals surface area contributed by atoms with Gasteiger partial charge in [-0.05, 0) is 42.3 Å². The number of carbonyl (C=O) groups excluding carboxylic acids is 1. The molecule has 3 aromatic rings. The van der Waals surface area contributed by atoms with Crippen molar-refractivity contribution in [1.82, 2.24) is 20.3 Å². The van der Waals surface area contributed by atoms with Crippen molar-refractivity contribution in [3.8, 4) is 0 Å². The maximum absolute atomic E-state index is 12.5. The molecule has 1 amide bonds. The van der Waals surface area contributed by atoms with E-state index in [9.17, 15) is 9.90 Å². The van der Waals surface area contributed by atoms with Crippen molar-refractivity contribution < 1.29 is 9.90 Å². The Balaban J connectivity index is 1.40. The summed E-state index contributed by atoms with van der Waals surface area (Å²) in [4.78, 5) is 13.6. The Morgan fingerprint density at radius 3 is 2.92 bits per heavy atom. The van der Waals surface area contributed by atoms with Crippen LogP contribution in [0, 0.1) is 5.92 Å². The average Bonchev–Trinajstić information content (AvgIpc) is 3.25. The summed E-state index contributed by atoms with van der Waals surface area (Å²) in [7, 11) is 0. The molecule has 7 heteroatoms. The molecule has 1 aliphatic rings. The number of aryl methyl sites for hydroxylation is 1. The second-order valence-corrected chi connectivity index (χ2v) is 7.48. The van der Waals surface area contributed by atoms with E-state index in [0.29, 0.717) is 18.9 Å². The number of aromatic nitrogens is 3. The molecule has 25 heavy (non-hydrogen) atoms. The van der Waals surface area contributed by atoms with Gasteiger partial charge in [-0.2, -0.15) is 0 Å². The summed E-state index contributed by atoms with van der Waals surface area (Å²) >= 11 is 1.65. The highest BCUT2D eigenvalue weighted by atomic mass is 32.1. The van der Waals surface area contributed by atoms with Crippen molar-refractivity contribution in [2.75, 3.05) is 0 Å². The van der Waals surface area contributed by atoms with Crippen LogP contribution in [0.3, 0.4) is 0 Å². The molecule has 2 N–H and O–H groups in total. The van der Waals surface area contributed by atoms with Crippen LogP contribution in [0.5, 0.6) is 0 Å². The van der Waals surface area contributed by atoms with Crippen molar-refractivity contribution in [3.63, 3.8) is 0 Å². The average molecular weight is 356 g/mol. The van der Waals surface area contributed by atoms with E-state index < -0.39 is 0 Å². The van der Waals surface area contributed by atoms with E-state index in [1.165, 1.54) is 0 Å². The quantitative estimate of drug-likeness (QED) is 0.711. The van der Waals surface area contributed by atoms with Crippen LogP contribution in [0.2, 0.25) is 0 Å². The summed E-state index contributed by atoms with van der Waals surface area (Å²) in [6.45, 7) is 0.497. The van der Waals surface area contributed by atoms with Crippen LogP contribution in [0.1, 0.15) is 30.2 Å². The lowest BCUT2D eigenvalue weighted by molar-refractivity contribution is -0.123. The van der Waals surface area contributed by atoms with Gasteiger partial charge in [-0.25, -0.2) is 4.68 Å². The van der Waals surface area contributed by atoms with Crippen LogP contribution < -0.4 is 5.32 Å². The molecule has 1 atom stereocenters. The standard InChI is InChI=1S/C18H20N4O2S/c23-13-10-12(11-13)18(16-6-3-9-25-16)19-17(24)7-8-22-15-5-2-1-4-14(15)20-21-22/h1-6,9,12-13,18,23H,7-8,10-11H2,(H,19,24)/t12?,13?,18-/m0/s1. The van der Waals surface area contributed by atoms with Crippen LogP contribution in [0.25, 0.3) is 11.0 Å². The zero-order chi connectivity index (χ0) is 17.2. The number of aliphatic hydroxyl groups is 1. The van der Waals surface area contributed by atoms with Crippen molar-refractivity contribution in [3.05, 3.63) is 46.7 Å². The molecule has 0 radical (unpaired) electrons. The Bertz CT molecular complexity index is 855. The zero-order valence-electron chi connectivity index (χ0n) is 13.7. The molecule has 2 heterocycles. The molecule has 2 aromatic heterocycles. The fourth-order valence-corrected chi connectivity index (χ4v) is 4.20. The third-order valence-corrected chi connectivity index (χ3v) is 5.71. The molecule has 0 aliphatic heterocycles. The molecule has 4 rings (SSSR count). The maximum Gasteiger partial charge on any atom is 0.222 e. The Morgan fingerprint density at radius 1 is 1.32 bits per heavy atom. The Hall–Kier alpha value is -2.25. The fourth-order valence-electron chi connectivity index (χ4n) is 3.33. The van der Waals surface area contributed by atoms with Gasteiger partial charge < -0.3 is 10.4 Å². The number of nitrogens with one attached hydrogen (secondary N) is 1. The first-order valence-electron chi connectivity index (χ1n) is 8.50.